The van der Waals surface area contributed by atoms with Crippen molar-refractivity contribution >= 4 is 5.97 Å². The molecule has 0 fully saturated rings. The van der Waals surface area contributed by atoms with Gasteiger partial charge in [-0.15, -0.1) is 0 Å². The largest absolute Gasteiger partial charge is 0.461 e. The van der Waals surface area contributed by atoms with Gasteiger partial charge in [0.2, 0.25) is 0 Å². The molecule has 0 aromatic heterocycles. The second-order valence-corrected chi connectivity index (χ2v) is 6.84. The molecular weight excluding hydrogens is 352 g/mol. The van der Waals surface area contributed by atoms with E-state index in [0.717, 1.165) is 32.1 Å². The van der Waals surface area contributed by atoms with Crippen LogP contribution in [0.1, 0.15) is 79.1 Å². The molecule has 0 aliphatic rings. The van der Waals surface area contributed by atoms with Gasteiger partial charge >= 0.3 is 18.0 Å². The molecule has 0 bridgehead atoms. The van der Waals surface area contributed by atoms with E-state index in [1.165, 1.54) is 0 Å². The summed E-state index contributed by atoms with van der Waals surface area (Å²) in [5.41, 5.74) is 0. The highest BCUT2D eigenvalue weighted by Gasteiger charge is 2.65. The van der Waals surface area contributed by atoms with Gasteiger partial charge in [-0.2, -0.15) is 17.6 Å². The average molecular weight is 386 g/mol. The molecule has 0 aromatic rings. The maximum atomic E-state index is 14.5. The molecule has 26 heavy (non-hydrogen) atoms. The summed E-state index contributed by atoms with van der Waals surface area (Å²) in [6, 6.07) is 0. The average Bonchev–Trinajstić information content (AvgIpc) is 2.60. The van der Waals surface area contributed by atoms with Crippen molar-refractivity contribution in [1.82, 2.24) is 0 Å². The van der Waals surface area contributed by atoms with Crippen LogP contribution in [0.5, 0.6) is 0 Å². The lowest BCUT2D eigenvalue weighted by molar-refractivity contribution is -0.326. The first-order valence-electron chi connectivity index (χ1n) is 9.72. The van der Waals surface area contributed by atoms with Gasteiger partial charge in [-0.05, 0) is 24.7 Å². The summed E-state index contributed by atoms with van der Waals surface area (Å²) < 4.78 is 63.2. The predicted octanol–water partition coefficient (Wildman–Crippen LogP) is 6.21. The molecule has 0 saturated heterocycles. The minimum atomic E-state index is -5.47. The maximum Gasteiger partial charge on any atom is 0.460 e. The van der Waals surface area contributed by atoms with Crippen LogP contribution in [-0.2, 0) is 14.3 Å². The smallest absolute Gasteiger partial charge is 0.460 e. The van der Waals surface area contributed by atoms with E-state index in [0.29, 0.717) is 19.3 Å². The van der Waals surface area contributed by atoms with Gasteiger partial charge in [0.05, 0.1) is 13.2 Å². The van der Waals surface area contributed by atoms with Crippen molar-refractivity contribution in [2.45, 2.75) is 91.1 Å². The van der Waals surface area contributed by atoms with Crippen LogP contribution in [0, 0.1) is 11.8 Å². The van der Waals surface area contributed by atoms with Crippen LogP contribution in [0.15, 0.2) is 0 Å². The van der Waals surface area contributed by atoms with Gasteiger partial charge in [0, 0.05) is 0 Å². The Balaban J connectivity index is 4.90. The fourth-order valence-corrected chi connectivity index (χ4v) is 2.57. The minimum absolute atomic E-state index is 0.0793. The second-order valence-electron chi connectivity index (χ2n) is 6.84. The number of carbonyl (C=O) groups excluding carboxylic acids is 1. The highest BCUT2D eigenvalue weighted by atomic mass is 19.4. The number of ether oxygens (including phenoxy) is 2. The Hall–Kier alpha value is -0.850. The van der Waals surface area contributed by atoms with E-state index in [4.69, 9.17) is 0 Å². The number of carbonyl (C=O) groups is 1. The molecule has 3 atom stereocenters. The number of hydrogen-bond acceptors (Lipinski definition) is 3. The van der Waals surface area contributed by atoms with Crippen molar-refractivity contribution in [2.24, 2.45) is 11.8 Å². The topological polar surface area (TPSA) is 35.5 Å². The van der Waals surface area contributed by atoms with Crippen molar-refractivity contribution in [3.63, 3.8) is 0 Å². The molecule has 156 valence electrons. The molecule has 0 aliphatic carbocycles. The monoisotopic (exact) mass is 386 g/mol. The Bertz CT molecular complexity index is 387. The molecule has 0 aromatic carbocycles. The molecule has 0 spiro atoms. The zero-order valence-electron chi connectivity index (χ0n) is 16.5. The van der Waals surface area contributed by atoms with Gasteiger partial charge in [-0.3, -0.25) is 0 Å². The van der Waals surface area contributed by atoms with E-state index in [2.05, 4.69) is 9.47 Å². The third-order valence-electron chi connectivity index (χ3n) is 4.68. The second kappa shape index (κ2) is 12.5. The Labute approximate surface area is 154 Å². The van der Waals surface area contributed by atoms with Crippen LogP contribution in [0.25, 0.3) is 0 Å². The van der Waals surface area contributed by atoms with Crippen molar-refractivity contribution < 1.29 is 31.8 Å². The van der Waals surface area contributed by atoms with Gasteiger partial charge in [0.15, 0.2) is 0 Å². The predicted molar refractivity (Wildman–Crippen MR) is 93.4 cm³/mol. The number of halogens is 4. The first kappa shape index (κ1) is 25.1. The van der Waals surface area contributed by atoms with E-state index in [1.807, 2.05) is 20.8 Å². The van der Waals surface area contributed by atoms with Crippen molar-refractivity contribution in [3.8, 4) is 0 Å². The van der Waals surface area contributed by atoms with E-state index in [9.17, 15) is 22.4 Å². The van der Waals surface area contributed by atoms with Crippen molar-refractivity contribution in [1.29, 1.82) is 0 Å². The summed E-state index contributed by atoms with van der Waals surface area (Å²) in [4.78, 5) is 11.9. The quantitative estimate of drug-likeness (QED) is 0.263. The lowest BCUT2D eigenvalue weighted by atomic mass is 10.0. The van der Waals surface area contributed by atoms with Crippen LogP contribution in [0.2, 0.25) is 0 Å². The normalized spacial score (nSPS) is 16.8. The number of alkyl halides is 4. The molecular formula is C19H34F4O3. The van der Waals surface area contributed by atoms with E-state index >= 15 is 0 Å². The first-order chi connectivity index (χ1) is 12.2. The molecule has 0 N–H and O–H groups in total. The highest BCUT2D eigenvalue weighted by molar-refractivity contribution is 5.78. The fraction of sp³-hybridized carbons (Fsp3) is 0.947. The zero-order valence-corrected chi connectivity index (χ0v) is 16.5. The number of unbranched alkanes of at least 4 members (excludes halogenated alkanes) is 2. The number of hydrogen-bond donors (Lipinski definition) is 0. The molecule has 0 heterocycles. The van der Waals surface area contributed by atoms with Gasteiger partial charge in [-0.25, -0.2) is 4.79 Å². The summed E-state index contributed by atoms with van der Waals surface area (Å²) in [5.74, 6) is -6.71. The van der Waals surface area contributed by atoms with Gasteiger partial charge in [-0.1, -0.05) is 66.2 Å². The maximum absolute atomic E-state index is 14.5. The third kappa shape index (κ3) is 8.23. The van der Waals surface area contributed by atoms with E-state index in [-0.39, 0.29) is 18.4 Å². The first-order valence-corrected chi connectivity index (χ1v) is 9.72. The highest BCUT2D eigenvalue weighted by Crippen LogP contribution is 2.37. The molecule has 0 saturated carbocycles. The summed E-state index contributed by atoms with van der Waals surface area (Å²) >= 11 is 0. The SMILES string of the molecule is CCCCC(CC)COC(=O)C(F)(OCC(CC)CCCC)C(F)(F)F. The number of esters is 1. The molecule has 3 nitrogen and oxygen atoms in total. The van der Waals surface area contributed by atoms with Gasteiger partial charge in [0.1, 0.15) is 0 Å². The van der Waals surface area contributed by atoms with Crippen LogP contribution in [-0.4, -0.2) is 31.2 Å². The summed E-state index contributed by atoms with van der Waals surface area (Å²) in [6.07, 6.45) is 0.584. The fourth-order valence-electron chi connectivity index (χ4n) is 2.57. The summed E-state index contributed by atoms with van der Waals surface area (Å²) in [7, 11) is 0. The van der Waals surface area contributed by atoms with E-state index in [1.54, 1.807) is 6.92 Å². The summed E-state index contributed by atoms with van der Waals surface area (Å²) in [6.45, 7) is 6.92. The third-order valence-corrected chi connectivity index (χ3v) is 4.68. The van der Waals surface area contributed by atoms with Crippen molar-refractivity contribution in [3.05, 3.63) is 0 Å². The Morgan fingerprint density at radius 3 is 1.69 bits per heavy atom. The Morgan fingerprint density at radius 2 is 1.31 bits per heavy atom. The van der Waals surface area contributed by atoms with Crippen molar-refractivity contribution in [2.75, 3.05) is 13.2 Å². The molecule has 7 heteroatoms. The lowest BCUT2D eigenvalue weighted by Crippen LogP contribution is -2.52. The van der Waals surface area contributed by atoms with Crippen LogP contribution in [0.4, 0.5) is 17.6 Å². The van der Waals surface area contributed by atoms with Gasteiger partial charge < -0.3 is 9.47 Å². The van der Waals surface area contributed by atoms with Crippen LogP contribution in [0.3, 0.4) is 0 Å². The van der Waals surface area contributed by atoms with Gasteiger partial charge in [0.25, 0.3) is 0 Å². The molecule has 0 rings (SSSR count). The lowest BCUT2D eigenvalue weighted by Gasteiger charge is -2.28. The molecule has 0 amide bonds. The Kier molecular flexibility index (Phi) is 12.1. The van der Waals surface area contributed by atoms with Crippen LogP contribution >= 0.6 is 0 Å². The Morgan fingerprint density at radius 1 is 0.846 bits per heavy atom. The van der Waals surface area contributed by atoms with Crippen LogP contribution < -0.4 is 0 Å². The summed E-state index contributed by atoms with van der Waals surface area (Å²) in [5, 5.41) is 0. The molecule has 0 radical (unpaired) electrons. The number of rotatable bonds is 14. The minimum Gasteiger partial charge on any atom is -0.461 e. The standard InChI is InChI=1S/C19H34F4O3/c1-5-9-11-15(7-3)13-25-17(24)18(20,19(21,22)23)26-14-16(8-4)12-10-6-2/h15-16H,5-14H2,1-4H3. The molecule has 3 unspecified atom stereocenters. The zero-order chi connectivity index (χ0) is 20.2. The molecule has 0 aliphatic heterocycles. The van der Waals surface area contributed by atoms with E-state index < -0.39 is 24.6 Å².